The molecule has 0 atom stereocenters. The van der Waals surface area contributed by atoms with E-state index in [1.807, 2.05) is 25.9 Å². The first-order valence-corrected chi connectivity index (χ1v) is 5.12. The average Bonchev–Trinajstić information content (AvgIpc) is 2.26. The summed E-state index contributed by atoms with van der Waals surface area (Å²) in [6, 6.07) is 0. The monoisotopic (exact) mass is 210 g/mol. The van der Waals surface area contributed by atoms with E-state index in [9.17, 15) is 4.79 Å². The molecule has 15 heavy (non-hydrogen) atoms. The molecule has 0 saturated carbocycles. The molecule has 0 amide bonds. The molecule has 0 bridgehead atoms. The molecule has 1 aromatic rings. The van der Waals surface area contributed by atoms with E-state index < -0.39 is 0 Å². The molecule has 0 fully saturated rings. The summed E-state index contributed by atoms with van der Waals surface area (Å²) in [6.45, 7) is 4.22. The highest BCUT2D eigenvalue weighted by molar-refractivity contribution is 5.34. The molecule has 84 valence electrons. The van der Waals surface area contributed by atoms with Gasteiger partial charge in [-0.3, -0.25) is 4.79 Å². The van der Waals surface area contributed by atoms with Gasteiger partial charge in [0.15, 0.2) is 5.82 Å². The number of anilines is 1. The van der Waals surface area contributed by atoms with E-state index in [1.165, 1.54) is 0 Å². The zero-order valence-corrected chi connectivity index (χ0v) is 9.53. The third-order valence-corrected chi connectivity index (χ3v) is 2.30. The lowest BCUT2D eigenvalue weighted by atomic mass is 10.5. The normalized spacial score (nSPS) is 10.3. The molecule has 1 rings (SSSR count). The van der Waals surface area contributed by atoms with Crippen LogP contribution in [-0.2, 0) is 6.54 Å². The van der Waals surface area contributed by atoms with Gasteiger partial charge in [0.05, 0.1) is 0 Å². The Hall–Kier alpha value is -1.36. The molecule has 0 spiro atoms. The van der Waals surface area contributed by atoms with Crippen LogP contribution in [0.4, 0.5) is 5.82 Å². The van der Waals surface area contributed by atoms with Crippen molar-refractivity contribution in [3.05, 3.63) is 22.7 Å². The second kappa shape index (κ2) is 5.50. The van der Waals surface area contributed by atoms with Gasteiger partial charge >= 0.3 is 0 Å². The predicted octanol–water partition coefficient (Wildman–Crippen LogP) is -0.0812. The van der Waals surface area contributed by atoms with Crippen LogP contribution in [0.25, 0.3) is 0 Å². The molecule has 0 radical (unpaired) electrons. The molecule has 5 nitrogen and oxygen atoms in total. The van der Waals surface area contributed by atoms with E-state index in [0.717, 1.165) is 13.1 Å². The van der Waals surface area contributed by atoms with E-state index >= 15 is 0 Å². The molecule has 0 unspecified atom stereocenters. The minimum absolute atomic E-state index is 0.0291. The summed E-state index contributed by atoms with van der Waals surface area (Å²) >= 11 is 0. The molecular weight excluding hydrogens is 192 g/mol. The highest BCUT2D eigenvalue weighted by atomic mass is 16.1. The Bertz CT molecular complexity index is 361. The average molecular weight is 210 g/mol. The van der Waals surface area contributed by atoms with Crippen molar-refractivity contribution in [3.63, 3.8) is 0 Å². The number of rotatable bonds is 5. The maximum atomic E-state index is 11.8. The van der Waals surface area contributed by atoms with Crippen molar-refractivity contribution >= 4 is 5.82 Å². The summed E-state index contributed by atoms with van der Waals surface area (Å²) in [5.74, 6) is 0.509. The number of nitrogens with one attached hydrogen (secondary N) is 1. The first-order valence-electron chi connectivity index (χ1n) is 5.12. The fraction of sp³-hybridized carbons (Fsp3) is 0.600. The van der Waals surface area contributed by atoms with Crippen LogP contribution in [0.5, 0.6) is 0 Å². The second-order valence-electron chi connectivity index (χ2n) is 3.37. The Balaban J connectivity index is 2.89. The standard InChI is InChI=1S/C10H18N4O/c1-4-14-8-6-12-9(10(14)15)13(3)7-5-11-2/h6,8,11H,4-5,7H2,1-3H3. The van der Waals surface area contributed by atoms with Crippen molar-refractivity contribution in [3.8, 4) is 0 Å². The Morgan fingerprint density at radius 3 is 2.93 bits per heavy atom. The van der Waals surface area contributed by atoms with Gasteiger partial charge < -0.3 is 14.8 Å². The highest BCUT2D eigenvalue weighted by Crippen LogP contribution is 1.99. The third kappa shape index (κ3) is 2.79. The van der Waals surface area contributed by atoms with Gasteiger partial charge in [0.25, 0.3) is 5.56 Å². The summed E-state index contributed by atoms with van der Waals surface area (Å²) in [5.41, 5.74) is -0.0291. The van der Waals surface area contributed by atoms with Crippen LogP contribution in [0, 0.1) is 0 Å². The van der Waals surface area contributed by atoms with Crippen molar-refractivity contribution in [1.29, 1.82) is 0 Å². The number of nitrogens with zero attached hydrogens (tertiary/aromatic N) is 3. The number of hydrogen-bond donors (Lipinski definition) is 1. The minimum atomic E-state index is -0.0291. The lowest BCUT2D eigenvalue weighted by Crippen LogP contribution is -2.34. The Kier molecular flexibility index (Phi) is 4.30. The number of likely N-dealkylation sites (N-methyl/N-ethyl adjacent to an activating group) is 2. The first kappa shape index (κ1) is 11.7. The predicted molar refractivity (Wildman–Crippen MR) is 61.4 cm³/mol. The lowest BCUT2D eigenvalue weighted by molar-refractivity contribution is 0.700. The van der Waals surface area contributed by atoms with E-state index in [-0.39, 0.29) is 5.56 Å². The van der Waals surface area contributed by atoms with Gasteiger partial charge in [-0.2, -0.15) is 0 Å². The fourth-order valence-corrected chi connectivity index (χ4v) is 1.33. The van der Waals surface area contributed by atoms with E-state index in [4.69, 9.17) is 0 Å². The molecule has 5 heteroatoms. The van der Waals surface area contributed by atoms with Gasteiger partial charge in [0, 0.05) is 39.1 Å². The van der Waals surface area contributed by atoms with Gasteiger partial charge in [-0.15, -0.1) is 0 Å². The smallest absolute Gasteiger partial charge is 0.293 e. The topological polar surface area (TPSA) is 50.2 Å². The Morgan fingerprint density at radius 2 is 2.33 bits per heavy atom. The van der Waals surface area contributed by atoms with Gasteiger partial charge in [-0.1, -0.05) is 0 Å². The SMILES string of the molecule is CCn1ccnc(N(C)CCNC)c1=O. The molecule has 0 aliphatic heterocycles. The van der Waals surface area contributed by atoms with Crippen LogP contribution >= 0.6 is 0 Å². The van der Waals surface area contributed by atoms with Crippen LogP contribution < -0.4 is 15.8 Å². The zero-order valence-electron chi connectivity index (χ0n) is 9.53. The van der Waals surface area contributed by atoms with Crippen molar-refractivity contribution in [2.45, 2.75) is 13.5 Å². The van der Waals surface area contributed by atoms with E-state index in [0.29, 0.717) is 12.4 Å². The number of hydrogen-bond acceptors (Lipinski definition) is 4. The summed E-state index contributed by atoms with van der Waals surface area (Å²) in [7, 11) is 3.76. The van der Waals surface area contributed by atoms with Crippen molar-refractivity contribution in [2.24, 2.45) is 0 Å². The highest BCUT2D eigenvalue weighted by Gasteiger charge is 2.07. The van der Waals surface area contributed by atoms with Gasteiger partial charge in [-0.05, 0) is 14.0 Å². The van der Waals surface area contributed by atoms with Crippen LogP contribution in [0.2, 0.25) is 0 Å². The molecular formula is C10H18N4O. The Labute approximate surface area is 89.7 Å². The lowest BCUT2D eigenvalue weighted by Gasteiger charge is -2.17. The quantitative estimate of drug-likeness (QED) is 0.738. The maximum absolute atomic E-state index is 11.8. The molecule has 1 heterocycles. The molecule has 0 aliphatic rings. The third-order valence-electron chi connectivity index (χ3n) is 2.30. The minimum Gasteiger partial charge on any atom is -0.354 e. The molecule has 1 N–H and O–H groups in total. The van der Waals surface area contributed by atoms with Gasteiger partial charge in [-0.25, -0.2) is 4.98 Å². The Morgan fingerprint density at radius 1 is 1.60 bits per heavy atom. The van der Waals surface area contributed by atoms with Crippen LogP contribution in [0.3, 0.4) is 0 Å². The van der Waals surface area contributed by atoms with Crippen LogP contribution in [-0.4, -0.2) is 36.7 Å². The summed E-state index contributed by atoms with van der Waals surface area (Å²) in [5, 5.41) is 3.04. The summed E-state index contributed by atoms with van der Waals surface area (Å²) in [4.78, 5) is 17.8. The molecule has 0 aliphatic carbocycles. The number of aromatic nitrogens is 2. The number of aryl methyl sites for hydroxylation is 1. The van der Waals surface area contributed by atoms with Gasteiger partial charge in [0.1, 0.15) is 0 Å². The van der Waals surface area contributed by atoms with Crippen LogP contribution in [0.15, 0.2) is 17.2 Å². The largest absolute Gasteiger partial charge is 0.354 e. The van der Waals surface area contributed by atoms with Crippen molar-refractivity contribution < 1.29 is 0 Å². The first-order chi connectivity index (χ1) is 7.20. The van der Waals surface area contributed by atoms with Crippen LogP contribution in [0.1, 0.15) is 6.92 Å². The zero-order chi connectivity index (χ0) is 11.3. The van der Waals surface area contributed by atoms with E-state index in [1.54, 1.807) is 17.0 Å². The van der Waals surface area contributed by atoms with Gasteiger partial charge in [0.2, 0.25) is 0 Å². The van der Waals surface area contributed by atoms with Crippen molar-refractivity contribution in [1.82, 2.24) is 14.9 Å². The summed E-state index contributed by atoms with van der Waals surface area (Å²) < 4.78 is 1.65. The molecule has 1 aromatic heterocycles. The van der Waals surface area contributed by atoms with Crippen molar-refractivity contribution in [2.75, 3.05) is 32.1 Å². The molecule has 0 aromatic carbocycles. The molecule has 0 saturated heterocycles. The van der Waals surface area contributed by atoms with E-state index in [2.05, 4.69) is 10.3 Å². The maximum Gasteiger partial charge on any atom is 0.293 e. The second-order valence-corrected chi connectivity index (χ2v) is 3.37. The fourth-order valence-electron chi connectivity index (χ4n) is 1.33. The summed E-state index contributed by atoms with van der Waals surface area (Å²) in [6.07, 6.45) is 3.37.